The third-order valence-electron chi connectivity index (χ3n) is 4.75. The molecule has 1 aliphatic heterocycles. The van der Waals surface area contributed by atoms with Crippen molar-refractivity contribution in [2.24, 2.45) is 5.73 Å². The van der Waals surface area contributed by atoms with Crippen molar-refractivity contribution in [3.63, 3.8) is 0 Å². The van der Waals surface area contributed by atoms with Crippen LogP contribution in [0.15, 0.2) is 24.3 Å². The van der Waals surface area contributed by atoms with Gasteiger partial charge in [-0.15, -0.1) is 0 Å². The average molecular weight is 264 g/mol. The lowest BCUT2D eigenvalue weighted by atomic mass is 9.80. The predicted molar refractivity (Wildman–Crippen MR) is 77.4 cm³/mol. The highest BCUT2D eigenvalue weighted by atomic mass is 19.1. The Kier molecular flexibility index (Phi) is 4.58. The van der Waals surface area contributed by atoms with E-state index in [2.05, 4.69) is 18.7 Å². The second-order valence-corrected chi connectivity index (χ2v) is 5.54. The molecule has 1 unspecified atom stereocenters. The third kappa shape index (κ3) is 2.67. The summed E-state index contributed by atoms with van der Waals surface area (Å²) in [6.45, 7) is 6.62. The fourth-order valence-corrected chi connectivity index (χ4v) is 3.51. The van der Waals surface area contributed by atoms with Crippen molar-refractivity contribution in [3.8, 4) is 0 Å². The van der Waals surface area contributed by atoms with Gasteiger partial charge in [0.25, 0.3) is 0 Å². The Morgan fingerprint density at radius 1 is 1.26 bits per heavy atom. The number of benzene rings is 1. The standard InChI is InChI=1S/C16H25FN2/c1-3-16(4-2,19-10-5-6-11-19)15(18)13-8-7-9-14(17)12-13/h7-9,12,15H,3-6,10-11,18H2,1-2H3. The molecule has 2 rings (SSSR count). The zero-order valence-electron chi connectivity index (χ0n) is 12.0. The van der Waals surface area contributed by atoms with Crippen LogP contribution >= 0.6 is 0 Å². The van der Waals surface area contributed by atoms with Crippen molar-refractivity contribution >= 4 is 0 Å². The summed E-state index contributed by atoms with van der Waals surface area (Å²) in [7, 11) is 0. The summed E-state index contributed by atoms with van der Waals surface area (Å²) in [4.78, 5) is 2.52. The van der Waals surface area contributed by atoms with Gasteiger partial charge in [-0.1, -0.05) is 26.0 Å². The van der Waals surface area contributed by atoms with Crippen LogP contribution in [-0.2, 0) is 0 Å². The number of rotatable bonds is 5. The smallest absolute Gasteiger partial charge is 0.123 e. The van der Waals surface area contributed by atoms with Gasteiger partial charge < -0.3 is 5.73 Å². The van der Waals surface area contributed by atoms with E-state index in [0.29, 0.717) is 0 Å². The first-order valence-corrected chi connectivity index (χ1v) is 7.40. The summed E-state index contributed by atoms with van der Waals surface area (Å²) in [5, 5.41) is 0. The van der Waals surface area contributed by atoms with Crippen LogP contribution in [0.25, 0.3) is 0 Å². The van der Waals surface area contributed by atoms with Crippen molar-refractivity contribution in [2.45, 2.75) is 51.1 Å². The molecule has 0 amide bonds. The van der Waals surface area contributed by atoms with Gasteiger partial charge >= 0.3 is 0 Å². The van der Waals surface area contributed by atoms with Crippen molar-refractivity contribution in [1.82, 2.24) is 4.90 Å². The first kappa shape index (κ1) is 14.5. The number of hydrogen-bond acceptors (Lipinski definition) is 2. The summed E-state index contributed by atoms with van der Waals surface area (Å²) in [5.74, 6) is -0.199. The number of hydrogen-bond donors (Lipinski definition) is 1. The van der Waals surface area contributed by atoms with Crippen LogP contribution in [-0.4, -0.2) is 23.5 Å². The van der Waals surface area contributed by atoms with Crippen LogP contribution in [0.3, 0.4) is 0 Å². The topological polar surface area (TPSA) is 29.3 Å². The molecule has 19 heavy (non-hydrogen) atoms. The Morgan fingerprint density at radius 3 is 2.42 bits per heavy atom. The highest BCUT2D eigenvalue weighted by Gasteiger charge is 2.40. The fourth-order valence-electron chi connectivity index (χ4n) is 3.51. The molecule has 0 saturated carbocycles. The minimum atomic E-state index is -0.199. The van der Waals surface area contributed by atoms with Crippen LogP contribution < -0.4 is 5.73 Å². The first-order valence-electron chi connectivity index (χ1n) is 7.40. The predicted octanol–water partition coefficient (Wildman–Crippen LogP) is 3.48. The van der Waals surface area contributed by atoms with Gasteiger partial charge in [-0.25, -0.2) is 4.39 Å². The molecule has 0 radical (unpaired) electrons. The molecule has 0 spiro atoms. The van der Waals surface area contributed by atoms with E-state index < -0.39 is 0 Å². The molecule has 0 bridgehead atoms. The lowest BCUT2D eigenvalue weighted by Crippen LogP contribution is -2.53. The maximum absolute atomic E-state index is 13.4. The quantitative estimate of drug-likeness (QED) is 0.882. The van der Waals surface area contributed by atoms with Gasteiger partial charge in [-0.2, -0.15) is 0 Å². The minimum Gasteiger partial charge on any atom is -0.322 e. The van der Waals surface area contributed by atoms with Crippen LogP contribution in [0.1, 0.15) is 51.1 Å². The summed E-state index contributed by atoms with van der Waals surface area (Å²) in [6.07, 6.45) is 4.50. The highest BCUT2D eigenvalue weighted by Crippen LogP contribution is 2.38. The Balaban J connectivity index is 2.32. The SMILES string of the molecule is CCC(CC)(C(N)c1cccc(F)c1)N1CCCC1. The minimum absolute atomic E-state index is 0.0374. The van der Waals surface area contributed by atoms with Gasteiger partial charge in [-0.3, -0.25) is 4.90 Å². The third-order valence-corrected chi connectivity index (χ3v) is 4.75. The zero-order valence-corrected chi connectivity index (χ0v) is 12.0. The van der Waals surface area contributed by atoms with Gasteiger partial charge in [0, 0.05) is 11.6 Å². The van der Waals surface area contributed by atoms with Gasteiger partial charge in [0.05, 0.1) is 0 Å². The van der Waals surface area contributed by atoms with E-state index in [1.807, 2.05) is 6.07 Å². The Bertz CT molecular complexity index is 409. The maximum Gasteiger partial charge on any atom is 0.123 e. The van der Waals surface area contributed by atoms with E-state index in [4.69, 9.17) is 5.73 Å². The van der Waals surface area contributed by atoms with E-state index >= 15 is 0 Å². The molecule has 1 saturated heterocycles. The summed E-state index contributed by atoms with van der Waals surface area (Å²) < 4.78 is 13.4. The molecular formula is C16H25FN2. The number of likely N-dealkylation sites (tertiary alicyclic amines) is 1. The Labute approximate surface area is 115 Å². The fraction of sp³-hybridized carbons (Fsp3) is 0.625. The van der Waals surface area contributed by atoms with E-state index in [1.165, 1.54) is 18.9 Å². The molecule has 1 aromatic rings. The van der Waals surface area contributed by atoms with Gasteiger partial charge in [0.1, 0.15) is 5.82 Å². The lowest BCUT2D eigenvalue weighted by molar-refractivity contribution is 0.0766. The van der Waals surface area contributed by atoms with E-state index in [-0.39, 0.29) is 17.4 Å². The molecular weight excluding hydrogens is 239 g/mol. The zero-order chi connectivity index (χ0) is 13.9. The molecule has 1 aliphatic rings. The molecule has 1 fully saturated rings. The molecule has 3 heteroatoms. The Hall–Kier alpha value is -0.930. The number of halogens is 1. The molecule has 2 N–H and O–H groups in total. The maximum atomic E-state index is 13.4. The van der Waals surface area contributed by atoms with E-state index in [1.54, 1.807) is 12.1 Å². The Morgan fingerprint density at radius 2 is 1.89 bits per heavy atom. The number of nitrogens with zero attached hydrogens (tertiary/aromatic N) is 1. The van der Waals surface area contributed by atoms with Crippen molar-refractivity contribution in [3.05, 3.63) is 35.6 Å². The van der Waals surface area contributed by atoms with Gasteiger partial charge in [0.2, 0.25) is 0 Å². The summed E-state index contributed by atoms with van der Waals surface area (Å²) in [6, 6.07) is 6.64. The number of nitrogens with two attached hydrogens (primary N) is 1. The average Bonchev–Trinajstić information content (AvgIpc) is 2.95. The van der Waals surface area contributed by atoms with Crippen molar-refractivity contribution < 1.29 is 4.39 Å². The van der Waals surface area contributed by atoms with Crippen LogP contribution in [0.5, 0.6) is 0 Å². The molecule has 2 nitrogen and oxygen atoms in total. The lowest BCUT2D eigenvalue weighted by Gasteiger charge is -2.45. The largest absolute Gasteiger partial charge is 0.322 e. The summed E-state index contributed by atoms with van der Waals surface area (Å²) >= 11 is 0. The van der Waals surface area contributed by atoms with Crippen LogP contribution in [0.4, 0.5) is 4.39 Å². The summed E-state index contributed by atoms with van der Waals surface area (Å²) in [5.41, 5.74) is 7.41. The van der Waals surface area contributed by atoms with E-state index in [0.717, 1.165) is 31.5 Å². The first-order chi connectivity index (χ1) is 9.14. The molecule has 0 aromatic heterocycles. The van der Waals surface area contributed by atoms with Crippen molar-refractivity contribution in [2.75, 3.05) is 13.1 Å². The van der Waals surface area contributed by atoms with Gasteiger partial charge in [-0.05, 0) is 56.5 Å². The van der Waals surface area contributed by atoms with Gasteiger partial charge in [0.15, 0.2) is 0 Å². The molecule has 0 aliphatic carbocycles. The van der Waals surface area contributed by atoms with Crippen LogP contribution in [0.2, 0.25) is 0 Å². The van der Waals surface area contributed by atoms with Crippen LogP contribution in [0, 0.1) is 5.82 Å². The monoisotopic (exact) mass is 264 g/mol. The van der Waals surface area contributed by atoms with Crippen molar-refractivity contribution in [1.29, 1.82) is 0 Å². The molecule has 1 heterocycles. The highest BCUT2D eigenvalue weighted by molar-refractivity contribution is 5.24. The second-order valence-electron chi connectivity index (χ2n) is 5.54. The molecule has 106 valence electrons. The second kappa shape index (κ2) is 6.02. The van der Waals surface area contributed by atoms with E-state index in [9.17, 15) is 4.39 Å². The normalized spacial score (nSPS) is 18.7. The molecule has 1 aromatic carbocycles. The molecule has 1 atom stereocenters.